The van der Waals surface area contributed by atoms with Crippen LogP contribution < -0.4 is 11.5 Å². The number of hydrogen-bond acceptors (Lipinski definition) is 5. The monoisotopic (exact) mass is 246 g/mol. The second kappa shape index (κ2) is 3.34. The lowest BCUT2D eigenvalue weighted by Crippen LogP contribution is -2.13. The van der Waals surface area contributed by atoms with E-state index in [1.54, 1.807) is 0 Å². The van der Waals surface area contributed by atoms with Crippen LogP contribution >= 0.6 is 0 Å². The molecule has 1 aliphatic rings. The second-order valence-electron chi connectivity index (χ2n) is 5.94. The van der Waals surface area contributed by atoms with Crippen molar-refractivity contribution in [3.63, 3.8) is 0 Å². The summed E-state index contributed by atoms with van der Waals surface area (Å²) in [6.45, 7) is 6.34. The molecule has 1 aliphatic carbocycles. The number of aromatic nitrogens is 4. The zero-order valence-corrected chi connectivity index (χ0v) is 10.9. The summed E-state index contributed by atoms with van der Waals surface area (Å²) in [4.78, 5) is 8.38. The first kappa shape index (κ1) is 11.3. The van der Waals surface area contributed by atoms with E-state index in [1.807, 2.05) is 4.68 Å². The maximum Gasteiger partial charge on any atom is 0.224 e. The first-order valence-electron chi connectivity index (χ1n) is 6.19. The second-order valence-corrected chi connectivity index (χ2v) is 5.94. The number of hydrogen-bond donors (Lipinski definition) is 2. The smallest absolute Gasteiger partial charge is 0.224 e. The molecule has 6 heteroatoms. The van der Waals surface area contributed by atoms with Crippen molar-refractivity contribution < 1.29 is 0 Å². The van der Waals surface area contributed by atoms with Crippen LogP contribution in [0.25, 0.3) is 11.0 Å². The third-order valence-electron chi connectivity index (χ3n) is 3.20. The molecule has 0 spiro atoms. The van der Waals surface area contributed by atoms with Crippen molar-refractivity contribution in [1.29, 1.82) is 0 Å². The van der Waals surface area contributed by atoms with E-state index in [-0.39, 0.29) is 11.4 Å². The van der Waals surface area contributed by atoms with Gasteiger partial charge in [-0.3, -0.25) is 0 Å². The van der Waals surface area contributed by atoms with Crippen molar-refractivity contribution in [3.05, 3.63) is 5.69 Å². The standard InChI is InChI=1S/C12H18N6/c1-12(2,3)8-7-9(13)15-11(14)16-10(7)18(17-8)6-4-5-6/h6H,4-5H2,1-3H3,(H4,13,14,15,16). The van der Waals surface area contributed by atoms with Gasteiger partial charge in [0.05, 0.1) is 17.1 Å². The number of rotatable bonds is 1. The maximum atomic E-state index is 6.00. The molecule has 0 aromatic carbocycles. The molecular formula is C12H18N6. The summed E-state index contributed by atoms with van der Waals surface area (Å²) in [5, 5.41) is 5.55. The molecule has 4 N–H and O–H groups in total. The Morgan fingerprint density at radius 2 is 1.83 bits per heavy atom. The van der Waals surface area contributed by atoms with Gasteiger partial charge >= 0.3 is 0 Å². The quantitative estimate of drug-likeness (QED) is 0.797. The van der Waals surface area contributed by atoms with Gasteiger partial charge in [-0.25, -0.2) is 4.68 Å². The van der Waals surface area contributed by atoms with E-state index >= 15 is 0 Å². The predicted molar refractivity (Wildman–Crippen MR) is 71.1 cm³/mol. The van der Waals surface area contributed by atoms with E-state index < -0.39 is 0 Å². The molecule has 0 amide bonds. The van der Waals surface area contributed by atoms with E-state index in [4.69, 9.17) is 16.6 Å². The van der Waals surface area contributed by atoms with Gasteiger partial charge in [-0.05, 0) is 12.8 Å². The Hall–Kier alpha value is -1.85. The fourth-order valence-corrected chi connectivity index (χ4v) is 2.18. The highest BCUT2D eigenvalue weighted by molar-refractivity contribution is 5.90. The number of anilines is 2. The minimum Gasteiger partial charge on any atom is -0.383 e. The van der Waals surface area contributed by atoms with Gasteiger partial charge in [-0.15, -0.1) is 0 Å². The van der Waals surface area contributed by atoms with E-state index in [0.717, 1.165) is 29.6 Å². The summed E-state index contributed by atoms with van der Waals surface area (Å²) in [7, 11) is 0. The number of nitrogens with two attached hydrogens (primary N) is 2. The predicted octanol–water partition coefficient (Wildman–Crippen LogP) is 1.62. The minimum atomic E-state index is -0.0913. The Kier molecular flexibility index (Phi) is 2.09. The van der Waals surface area contributed by atoms with Crippen molar-refractivity contribution in [2.24, 2.45) is 0 Å². The van der Waals surface area contributed by atoms with E-state index in [9.17, 15) is 0 Å². The van der Waals surface area contributed by atoms with Crippen LogP contribution in [0, 0.1) is 0 Å². The Balaban J connectivity index is 2.37. The molecule has 2 heterocycles. The van der Waals surface area contributed by atoms with Crippen molar-refractivity contribution in [2.75, 3.05) is 11.5 Å². The molecule has 3 rings (SSSR count). The van der Waals surface area contributed by atoms with Crippen LogP contribution in [0.15, 0.2) is 0 Å². The molecule has 96 valence electrons. The molecule has 1 fully saturated rings. The topological polar surface area (TPSA) is 95.6 Å². The summed E-state index contributed by atoms with van der Waals surface area (Å²) < 4.78 is 1.96. The molecule has 0 atom stereocenters. The van der Waals surface area contributed by atoms with Crippen LogP contribution in [0.4, 0.5) is 11.8 Å². The highest BCUT2D eigenvalue weighted by atomic mass is 15.3. The average Bonchev–Trinajstić information content (AvgIpc) is 2.98. The van der Waals surface area contributed by atoms with Crippen LogP contribution in [-0.2, 0) is 5.41 Å². The zero-order valence-electron chi connectivity index (χ0n) is 10.9. The van der Waals surface area contributed by atoms with Gasteiger partial charge in [-0.2, -0.15) is 15.1 Å². The first-order chi connectivity index (χ1) is 8.38. The highest BCUT2D eigenvalue weighted by Gasteiger charge is 2.32. The fourth-order valence-electron chi connectivity index (χ4n) is 2.18. The molecule has 0 aliphatic heterocycles. The third kappa shape index (κ3) is 1.60. The Morgan fingerprint density at radius 1 is 1.17 bits per heavy atom. The summed E-state index contributed by atoms with van der Waals surface area (Å²) in [5.41, 5.74) is 13.3. The largest absolute Gasteiger partial charge is 0.383 e. The van der Waals surface area contributed by atoms with Crippen LogP contribution in [0.2, 0.25) is 0 Å². The summed E-state index contributed by atoms with van der Waals surface area (Å²) in [5.74, 6) is 0.636. The van der Waals surface area contributed by atoms with Gasteiger partial charge in [0.2, 0.25) is 5.95 Å². The lowest BCUT2D eigenvalue weighted by molar-refractivity contribution is 0.542. The molecule has 0 radical (unpaired) electrons. The van der Waals surface area contributed by atoms with E-state index in [0.29, 0.717) is 11.9 Å². The molecule has 6 nitrogen and oxygen atoms in total. The van der Waals surface area contributed by atoms with Gasteiger partial charge in [0, 0.05) is 5.41 Å². The molecule has 0 bridgehead atoms. The van der Waals surface area contributed by atoms with Crippen LogP contribution in [0.3, 0.4) is 0 Å². The normalized spacial score (nSPS) is 16.4. The highest BCUT2D eigenvalue weighted by Crippen LogP contribution is 2.40. The molecule has 0 unspecified atom stereocenters. The number of nitrogen functional groups attached to an aromatic ring is 2. The zero-order chi connectivity index (χ0) is 13.1. The van der Waals surface area contributed by atoms with E-state index in [1.165, 1.54) is 0 Å². The van der Waals surface area contributed by atoms with Gasteiger partial charge in [0.15, 0.2) is 5.65 Å². The van der Waals surface area contributed by atoms with E-state index in [2.05, 4.69) is 30.7 Å². The van der Waals surface area contributed by atoms with Gasteiger partial charge in [0.25, 0.3) is 0 Å². The summed E-state index contributed by atoms with van der Waals surface area (Å²) in [6.07, 6.45) is 2.29. The average molecular weight is 246 g/mol. The SMILES string of the molecule is CC(C)(C)c1nn(C2CC2)c2nc(N)nc(N)c12. The molecule has 2 aromatic rings. The number of fused-ring (bicyclic) bond motifs is 1. The van der Waals surface area contributed by atoms with Gasteiger partial charge in [-0.1, -0.05) is 20.8 Å². The Morgan fingerprint density at radius 3 is 2.39 bits per heavy atom. The minimum absolute atomic E-state index is 0.0913. The number of nitrogens with zero attached hydrogens (tertiary/aromatic N) is 4. The lowest BCUT2D eigenvalue weighted by atomic mass is 9.90. The van der Waals surface area contributed by atoms with Gasteiger partial charge < -0.3 is 11.5 Å². The van der Waals surface area contributed by atoms with Crippen LogP contribution in [0.1, 0.15) is 45.3 Å². The van der Waals surface area contributed by atoms with Gasteiger partial charge in [0.1, 0.15) is 5.82 Å². The molecule has 18 heavy (non-hydrogen) atoms. The van der Waals surface area contributed by atoms with Crippen molar-refractivity contribution >= 4 is 22.8 Å². The van der Waals surface area contributed by atoms with Crippen LogP contribution in [0.5, 0.6) is 0 Å². The van der Waals surface area contributed by atoms with Crippen molar-refractivity contribution in [1.82, 2.24) is 19.7 Å². The molecule has 2 aromatic heterocycles. The maximum absolute atomic E-state index is 6.00. The summed E-state index contributed by atoms with van der Waals surface area (Å²) in [6, 6.07) is 0.442. The first-order valence-corrected chi connectivity index (χ1v) is 6.19. The molecular weight excluding hydrogens is 228 g/mol. The van der Waals surface area contributed by atoms with Crippen molar-refractivity contribution in [2.45, 2.75) is 45.1 Å². The summed E-state index contributed by atoms with van der Waals surface area (Å²) >= 11 is 0. The third-order valence-corrected chi connectivity index (χ3v) is 3.20. The fraction of sp³-hybridized carbons (Fsp3) is 0.583. The lowest BCUT2D eigenvalue weighted by Gasteiger charge is -2.15. The Labute approximate surface area is 105 Å². The van der Waals surface area contributed by atoms with Crippen molar-refractivity contribution in [3.8, 4) is 0 Å². The molecule has 1 saturated carbocycles. The molecule has 0 saturated heterocycles. The van der Waals surface area contributed by atoms with Crippen LogP contribution in [-0.4, -0.2) is 19.7 Å². The Bertz CT molecular complexity index is 618.